The molecule has 1 heterocycles. The number of nitriles is 1. The maximum absolute atomic E-state index is 12.5. The summed E-state index contributed by atoms with van der Waals surface area (Å²) in [5.74, 6) is 0.174. The Morgan fingerprint density at radius 3 is 2.95 bits per heavy atom. The number of carbonyl (C=O) groups is 1. The van der Waals surface area contributed by atoms with Crippen LogP contribution in [0, 0.1) is 11.3 Å². The Kier molecular flexibility index (Phi) is 3.07. The molecule has 5 heteroatoms. The fourth-order valence-electron chi connectivity index (χ4n) is 2.32. The molecule has 102 valence electrons. The van der Waals surface area contributed by atoms with Crippen LogP contribution in [0.3, 0.4) is 0 Å². The van der Waals surface area contributed by atoms with Crippen molar-refractivity contribution in [1.82, 2.24) is 4.90 Å². The van der Waals surface area contributed by atoms with Crippen molar-refractivity contribution >= 4 is 22.6 Å². The number of furan rings is 1. The first-order valence-electron chi connectivity index (χ1n) is 6.66. The van der Waals surface area contributed by atoms with Crippen molar-refractivity contribution in [1.29, 1.82) is 5.26 Å². The van der Waals surface area contributed by atoms with Gasteiger partial charge in [-0.05, 0) is 37.1 Å². The fourth-order valence-corrected chi connectivity index (χ4v) is 2.32. The summed E-state index contributed by atoms with van der Waals surface area (Å²) in [4.78, 5) is 14.2. The van der Waals surface area contributed by atoms with E-state index < -0.39 is 0 Å². The van der Waals surface area contributed by atoms with E-state index >= 15 is 0 Å². The molecule has 3 rings (SSSR count). The first kappa shape index (κ1) is 12.5. The highest BCUT2D eigenvalue weighted by atomic mass is 16.3. The van der Waals surface area contributed by atoms with Crippen LogP contribution in [0.2, 0.25) is 0 Å². The molecule has 0 atom stereocenters. The van der Waals surface area contributed by atoms with E-state index in [2.05, 4.69) is 6.07 Å². The lowest BCUT2D eigenvalue weighted by Gasteiger charge is -2.19. The smallest absolute Gasteiger partial charge is 0.289 e. The Morgan fingerprint density at radius 2 is 2.25 bits per heavy atom. The maximum Gasteiger partial charge on any atom is 0.289 e. The first-order valence-corrected chi connectivity index (χ1v) is 6.66. The van der Waals surface area contributed by atoms with E-state index in [9.17, 15) is 4.79 Å². The van der Waals surface area contributed by atoms with Gasteiger partial charge in [-0.3, -0.25) is 4.79 Å². The molecule has 1 aliphatic carbocycles. The Morgan fingerprint density at radius 1 is 1.45 bits per heavy atom. The molecule has 5 nitrogen and oxygen atoms in total. The van der Waals surface area contributed by atoms with Gasteiger partial charge in [-0.25, -0.2) is 0 Å². The number of rotatable bonds is 4. The van der Waals surface area contributed by atoms with E-state index in [4.69, 9.17) is 15.4 Å². The van der Waals surface area contributed by atoms with Gasteiger partial charge in [-0.1, -0.05) is 0 Å². The summed E-state index contributed by atoms with van der Waals surface area (Å²) in [7, 11) is 0. The molecular formula is C15H15N3O2. The average molecular weight is 269 g/mol. The predicted octanol–water partition coefficient (Wildman–Crippen LogP) is 2.53. The molecule has 0 aliphatic heterocycles. The summed E-state index contributed by atoms with van der Waals surface area (Å²) in [6.07, 6.45) is 2.35. The Labute approximate surface area is 116 Å². The van der Waals surface area contributed by atoms with Gasteiger partial charge in [0.15, 0.2) is 5.76 Å². The summed E-state index contributed by atoms with van der Waals surface area (Å²) in [6.45, 7) is 0.458. The van der Waals surface area contributed by atoms with Crippen LogP contribution in [0.1, 0.15) is 29.8 Å². The number of nitrogens with zero attached hydrogens (tertiary/aromatic N) is 2. The molecular weight excluding hydrogens is 254 g/mol. The summed E-state index contributed by atoms with van der Waals surface area (Å²) < 4.78 is 5.59. The predicted molar refractivity (Wildman–Crippen MR) is 74.9 cm³/mol. The average Bonchev–Trinajstić information content (AvgIpc) is 3.18. The number of carbonyl (C=O) groups excluding carboxylic acids is 1. The molecule has 0 unspecified atom stereocenters. The molecule has 1 amide bonds. The van der Waals surface area contributed by atoms with Crippen LogP contribution in [-0.2, 0) is 0 Å². The molecule has 1 aliphatic rings. The van der Waals surface area contributed by atoms with Crippen molar-refractivity contribution in [2.24, 2.45) is 0 Å². The van der Waals surface area contributed by atoms with Crippen molar-refractivity contribution in [3.63, 3.8) is 0 Å². The van der Waals surface area contributed by atoms with Crippen LogP contribution in [0.4, 0.5) is 5.69 Å². The Balaban J connectivity index is 1.88. The van der Waals surface area contributed by atoms with E-state index in [-0.39, 0.29) is 11.9 Å². The van der Waals surface area contributed by atoms with Crippen LogP contribution < -0.4 is 5.73 Å². The SMILES string of the molecule is N#CCCN(C(=O)c1cc2cc(N)ccc2o1)C1CC1. The van der Waals surface area contributed by atoms with Gasteiger partial charge in [0.25, 0.3) is 5.91 Å². The van der Waals surface area contributed by atoms with Gasteiger partial charge in [0.05, 0.1) is 12.5 Å². The second-order valence-corrected chi connectivity index (χ2v) is 5.05. The minimum absolute atomic E-state index is 0.141. The summed E-state index contributed by atoms with van der Waals surface area (Å²) in [6, 6.07) is 9.35. The van der Waals surface area contributed by atoms with E-state index in [1.807, 2.05) is 0 Å². The van der Waals surface area contributed by atoms with Crippen molar-refractivity contribution in [3.05, 3.63) is 30.0 Å². The summed E-state index contributed by atoms with van der Waals surface area (Å²) >= 11 is 0. The number of nitrogens with two attached hydrogens (primary N) is 1. The van der Waals surface area contributed by atoms with Crippen LogP contribution in [0.5, 0.6) is 0 Å². The van der Waals surface area contributed by atoms with Gasteiger partial charge in [0, 0.05) is 23.7 Å². The van der Waals surface area contributed by atoms with E-state index in [1.165, 1.54) is 0 Å². The van der Waals surface area contributed by atoms with Crippen LogP contribution >= 0.6 is 0 Å². The molecule has 20 heavy (non-hydrogen) atoms. The minimum atomic E-state index is -0.141. The topological polar surface area (TPSA) is 83.3 Å². The van der Waals surface area contributed by atoms with E-state index in [0.717, 1.165) is 18.2 Å². The van der Waals surface area contributed by atoms with Crippen LogP contribution in [0.25, 0.3) is 11.0 Å². The zero-order valence-corrected chi connectivity index (χ0v) is 11.0. The second-order valence-electron chi connectivity index (χ2n) is 5.05. The second kappa shape index (κ2) is 4.89. The number of anilines is 1. The van der Waals surface area contributed by atoms with Gasteiger partial charge in [-0.2, -0.15) is 5.26 Å². The molecule has 1 aromatic heterocycles. The quantitative estimate of drug-likeness (QED) is 0.864. The normalized spacial score (nSPS) is 14.2. The molecule has 0 saturated heterocycles. The standard InChI is InChI=1S/C15H15N3O2/c16-6-1-7-18(12-3-4-12)15(19)14-9-10-8-11(17)2-5-13(10)20-14/h2,5,8-9,12H,1,3-4,7,17H2. The number of benzene rings is 1. The minimum Gasteiger partial charge on any atom is -0.451 e. The van der Waals surface area contributed by atoms with Gasteiger partial charge in [-0.15, -0.1) is 0 Å². The molecule has 1 saturated carbocycles. The molecule has 0 radical (unpaired) electrons. The van der Waals surface area contributed by atoms with Crippen molar-refractivity contribution < 1.29 is 9.21 Å². The van der Waals surface area contributed by atoms with E-state index in [0.29, 0.717) is 30.0 Å². The van der Waals surface area contributed by atoms with Gasteiger partial charge >= 0.3 is 0 Å². The van der Waals surface area contributed by atoms with Gasteiger partial charge in [0.1, 0.15) is 5.58 Å². The summed E-state index contributed by atoms with van der Waals surface area (Å²) in [5, 5.41) is 9.51. The van der Waals surface area contributed by atoms with Crippen LogP contribution in [-0.4, -0.2) is 23.4 Å². The highest BCUT2D eigenvalue weighted by molar-refractivity contribution is 5.97. The Hall–Kier alpha value is -2.48. The number of hydrogen-bond donors (Lipinski definition) is 1. The number of hydrogen-bond acceptors (Lipinski definition) is 4. The first-order chi connectivity index (χ1) is 9.69. The monoisotopic (exact) mass is 269 g/mol. The highest BCUT2D eigenvalue weighted by Gasteiger charge is 2.34. The maximum atomic E-state index is 12.5. The molecule has 1 fully saturated rings. The van der Waals surface area contributed by atoms with E-state index in [1.54, 1.807) is 29.2 Å². The number of fused-ring (bicyclic) bond motifs is 1. The highest BCUT2D eigenvalue weighted by Crippen LogP contribution is 2.30. The molecule has 2 N–H and O–H groups in total. The molecule has 0 bridgehead atoms. The lowest BCUT2D eigenvalue weighted by molar-refractivity contribution is 0.0717. The zero-order valence-electron chi connectivity index (χ0n) is 11.0. The Bertz CT molecular complexity index is 695. The molecule has 0 spiro atoms. The fraction of sp³-hybridized carbons (Fsp3) is 0.333. The zero-order chi connectivity index (χ0) is 14.1. The third-order valence-corrected chi connectivity index (χ3v) is 3.46. The number of amides is 1. The van der Waals surface area contributed by atoms with Crippen molar-refractivity contribution in [2.75, 3.05) is 12.3 Å². The lowest BCUT2D eigenvalue weighted by atomic mass is 10.2. The van der Waals surface area contributed by atoms with Crippen molar-refractivity contribution in [2.45, 2.75) is 25.3 Å². The third-order valence-electron chi connectivity index (χ3n) is 3.46. The lowest BCUT2D eigenvalue weighted by Crippen LogP contribution is -2.33. The molecule has 2 aromatic rings. The number of nitrogen functional groups attached to an aromatic ring is 1. The van der Waals surface area contributed by atoms with Crippen molar-refractivity contribution in [3.8, 4) is 6.07 Å². The van der Waals surface area contributed by atoms with Crippen LogP contribution in [0.15, 0.2) is 28.7 Å². The van der Waals surface area contributed by atoms with Gasteiger partial charge < -0.3 is 15.1 Å². The summed E-state index contributed by atoms with van der Waals surface area (Å²) in [5.41, 5.74) is 7.01. The molecule has 1 aromatic carbocycles. The third kappa shape index (κ3) is 2.32. The van der Waals surface area contributed by atoms with Gasteiger partial charge in [0.2, 0.25) is 0 Å². The largest absolute Gasteiger partial charge is 0.451 e.